The number of ketones is 1. The third kappa shape index (κ3) is 27.7. The minimum absolute atomic E-state index is 0. The molecule has 16 heteroatoms. The Hall–Kier alpha value is -2.02. The first-order valence-corrected chi connectivity index (χ1v) is 31.5. The molecule has 72 heavy (non-hydrogen) atoms. The molecule has 0 aromatic heterocycles. The summed E-state index contributed by atoms with van der Waals surface area (Å²) in [6.07, 6.45) is 16.0. The van der Waals surface area contributed by atoms with Crippen molar-refractivity contribution in [1.82, 2.24) is 0 Å². The van der Waals surface area contributed by atoms with Gasteiger partial charge in [-0.1, -0.05) is 191 Å². The first kappa shape index (κ1) is 66.1. The van der Waals surface area contributed by atoms with Crippen molar-refractivity contribution in [2.45, 2.75) is 250 Å². The van der Waals surface area contributed by atoms with E-state index < -0.39 is 73.1 Å². The smallest absolute Gasteiger partial charge is 0.726 e. The second-order valence-corrected chi connectivity index (χ2v) is 27.1. The molecule has 13 nitrogen and oxygen atoms in total. The number of Topliss-reactive ketones (excluding diaryl/α,β-unsaturated/α-hetero) is 1. The fraction of sp³-hybridized carbons (Fsp3) is 0.732. The van der Waals surface area contributed by atoms with E-state index in [-0.39, 0.29) is 60.5 Å². The Morgan fingerprint density at radius 2 is 1.14 bits per heavy atom. The summed E-state index contributed by atoms with van der Waals surface area (Å²) < 4.78 is 67.2. The average molecular weight is 1050 g/mol. The van der Waals surface area contributed by atoms with Gasteiger partial charge in [0, 0.05) is 19.3 Å². The Labute approximate surface area is 458 Å². The normalized spacial score (nSPS) is 18.8. The van der Waals surface area contributed by atoms with E-state index in [0.29, 0.717) is 25.7 Å². The summed E-state index contributed by atoms with van der Waals surface area (Å²) in [5.74, 6) is 2.60. The third-order valence-corrected chi connectivity index (χ3v) is 19.3. The molecule has 0 aliphatic carbocycles. The van der Waals surface area contributed by atoms with Gasteiger partial charge in [0.15, 0.2) is 14.6 Å². The molecule has 0 bridgehead atoms. The predicted molar refractivity (Wildman–Crippen MR) is 281 cm³/mol. The van der Waals surface area contributed by atoms with E-state index in [9.17, 15) is 27.4 Å². The molecule has 0 spiro atoms. The van der Waals surface area contributed by atoms with Crippen LogP contribution in [0.15, 0.2) is 60.7 Å². The SMILES string of the molecule is CCCCCCCCCCC[C@@H](CC(=O)[C@H]1C(ON)O[C@H](CO[Si](C)(C)C(C)(C)C)[C@@H](OS(=O)(=O)[O-])[C@@H]1OC(=O)CCCCCCCCc1ccccc1)OC(=O)CCCCCCCCc1ccccc1.[Na+]. The molecule has 3 rings (SSSR count). The van der Waals surface area contributed by atoms with Crippen LogP contribution in [0.4, 0.5) is 0 Å². The van der Waals surface area contributed by atoms with Crippen LogP contribution in [0.3, 0.4) is 0 Å². The Kier molecular flexibility index (Phi) is 33.8. The van der Waals surface area contributed by atoms with Crippen LogP contribution in [-0.2, 0) is 65.3 Å². The van der Waals surface area contributed by atoms with E-state index in [1.165, 1.54) is 36.8 Å². The zero-order valence-corrected chi connectivity index (χ0v) is 49.2. The maximum atomic E-state index is 14.7. The molecule has 2 N–H and O–H groups in total. The van der Waals surface area contributed by atoms with Crippen molar-refractivity contribution in [1.29, 1.82) is 0 Å². The number of hydrogen-bond donors (Lipinski definition) is 1. The van der Waals surface area contributed by atoms with E-state index in [0.717, 1.165) is 103 Å². The van der Waals surface area contributed by atoms with Gasteiger partial charge >= 0.3 is 41.5 Å². The van der Waals surface area contributed by atoms with Crippen LogP contribution in [0, 0.1) is 5.92 Å². The Balaban J connectivity index is 0.0000178. The van der Waals surface area contributed by atoms with Gasteiger partial charge < -0.3 is 23.2 Å². The monoisotopic (exact) mass is 1050 g/mol. The quantitative estimate of drug-likeness (QED) is 0.0167. The molecule has 404 valence electrons. The number of aryl methyl sites for hydroxylation is 2. The van der Waals surface area contributed by atoms with E-state index in [1.54, 1.807) is 0 Å². The van der Waals surface area contributed by atoms with Gasteiger partial charge in [-0.25, -0.2) is 14.3 Å². The number of hydrogen-bond acceptors (Lipinski definition) is 13. The molecule has 0 radical (unpaired) electrons. The number of carbonyl (C=O) groups is 3. The summed E-state index contributed by atoms with van der Waals surface area (Å²) in [6.45, 7) is 12.0. The van der Waals surface area contributed by atoms with Crippen LogP contribution in [0.5, 0.6) is 0 Å². The molecule has 0 saturated carbocycles. The van der Waals surface area contributed by atoms with Crippen molar-refractivity contribution in [2.24, 2.45) is 11.8 Å². The van der Waals surface area contributed by atoms with Gasteiger partial charge in [0.1, 0.15) is 36.1 Å². The largest absolute Gasteiger partial charge is 1.00 e. The molecule has 1 unspecified atom stereocenters. The fourth-order valence-corrected chi connectivity index (χ4v) is 10.5. The standard InChI is InChI=1S/C56H93NO12SSi.Na/c1-7-8-9-10-11-12-13-20-31-40-47(65-50(59)41-32-21-16-14-18-25-34-45-36-27-23-28-37-45)43-48(58)52-54(67-51(60)42-33-22-17-15-19-26-35-46-38-29-24-30-39-46)53(69-70(61,62)63)49(66-55(52)68-57)44-64-71(5,6)56(2,3)4;/h23-24,27-30,36-39,47,49,52-55H,7-22,25-26,31-35,40-44,57H2,1-6H3,(H,61,62,63);/q;+1/p-1/t47-,49+,52+,53+,54+,55?;/m0./s1. The number of unbranched alkanes of at least 4 members (excludes halogenated alkanes) is 18. The number of nitrogens with two attached hydrogens (primary N) is 1. The van der Waals surface area contributed by atoms with Crippen molar-refractivity contribution < 1.29 is 84.6 Å². The van der Waals surface area contributed by atoms with Crippen LogP contribution in [-0.4, -0.2) is 76.3 Å². The van der Waals surface area contributed by atoms with E-state index in [1.807, 2.05) is 58.1 Å². The zero-order valence-electron chi connectivity index (χ0n) is 45.4. The zero-order chi connectivity index (χ0) is 52.0. The van der Waals surface area contributed by atoms with E-state index in [4.69, 9.17) is 33.6 Å². The first-order chi connectivity index (χ1) is 33.9. The van der Waals surface area contributed by atoms with Gasteiger partial charge in [-0.3, -0.25) is 23.4 Å². The van der Waals surface area contributed by atoms with Gasteiger partial charge in [-0.15, -0.1) is 0 Å². The topological polar surface area (TPSA) is 190 Å². The molecule has 1 aliphatic rings. The van der Waals surface area contributed by atoms with Crippen LogP contribution in [0.2, 0.25) is 18.1 Å². The fourth-order valence-electron chi connectivity index (χ4n) is 8.99. The molecule has 2 aromatic carbocycles. The maximum Gasteiger partial charge on any atom is 1.00 e. The molecule has 1 fully saturated rings. The van der Waals surface area contributed by atoms with E-state index in [2.05, 4.69) is 43.3 Å². The van der Waals surface area contributed by atoms with Crippen LogP contribution < -0.4 is 35.5 Å². The average Bonchev–Trinajstić information content (AvgIpc) is 3.32. The predicted octanol–water partition coefficient (Wildman–Crippen LogP) is 9.74. The van der Waals surface area contributed by atoms with Crippen molar-refractivity contribution in [3.05, 3.63) is 71.8 Å². The van der Waals surface area contributed by atoms with Crippen molar-refractivity contribution >= 4 is 36.4 Å². The van der Waals surface area contributed by atoms with Crippen LogP contribution in [0.25, 0.3) is 0 Å². The third-order valence-electron chi connectivity index (χ3n) is 14.3. The number of rotatable bonds is 39. The van der Waals surface area contributed by atoms with Gasteiger partial charge in [0.05, 0.1) is 6.61 Å². The second kappa shape index (κ2) is 36.9. The van der Waals surface area contributed by atoms with E-state index >= 15 is 0 Å². The Morgan fingerprint density at radius 3 is 1.61 bits per heavy atom. The Bertz CT molecular complexity index is 1870. The molecule has 2 aromatic rings. The summed E-state index contributed by atoms with van der Waals surface area (Å²) in [6, 6.07) is 20.8. The van der Waals surface area contributed by atoms with Gasteiger partial charge in [0.25, 0.3) is 0 Å². The molecular weight excluding hydrogens is 962 g/mol. The van der Waals surface area contributed by atoms with Gasteiger partial charge in [0.2, 0.25) is 10.4 Å². The minimum atomic E-state index is -5.44. The molecule has 0 amide bonds. The summed E-state index contributed by atoms with van der Waals surface area (Å²) in [5, 5.41) is -0.262. The summed E-state index contributed by atoms with van der Waals surface area (Å²) >= 11 is 0. The Morgan fingerprint density at radius 1 is 0.681 bits per heavy atom. The molecule has 6 atom stereocenters. The van der Waals surface area contributed by atoms with Gasteiger partial charge in [-0.2, -0.15) is 0 Å². The molecule has 1 aliphatic heterocycles. The molecule has 1 heterocycles. The minimum Gasteiger partial charge on any atom is -0.726 e. The summed E-state index contributed by atoms with van der Waals surface area (Å²) in [7, 11) is -7.96. The van der Waals surface area contributed by atoms with Crippen molar-refractivity contribution in [2.75, 3.05) is 6.61 Å². The number of benzene rings is 2. The van der Waals surface area contributed by atoms with Crippen molar-refractivity contribution in [3.8, 4) is 0 Å². The van der Waals surface area contributed by atoms with Crippen LogP contribution in [0.1, 0.15) is 199 Å². The van der Waals surface area contributed by atoms with Crippen molar-refractivity contribution in [3.63, 3.8) is 0 Å². The second-order valence-electron chi connectivity index (χ2n) is 21.3. The summed E-state index contributed by atoms with van der Waals surface area (Å²) in [4.78, 5) is 47.2. The number of esters is 2. The molecular formula is C56H92NNaO12SSi. The van der Waals surface area contributed by atoms with Gasteiger partial charge in [-0.05, 0) is 80.6 Å². The number of carbonyl (C=O) groups excluding carboxylic acids is 3. The first-order valence-electron chi connectivity index (χ1n) is 27.2. The number of ether oxygens (including phenoxy) is 3. The maximum absolute atomic E-state index is 14.7. The van der Waals surface area contributed by atoms with Crippen LogP contribution >= 0.6 is 0 Å². The molecule has 1 saturated heterocycles. The summed E-state index contributed by atoms with van der Waals surface area (Å²) in [5.41, 5.74) is 2.65.